The van der Waals surface area contributed by atoms with Crippen LogP contribution >= 0.6 is 0 Å². The fourth-order valence-corrected chi connectivity index (χ4v) is 0.593. The summed E-state index contributed by atoms with van der Waals surface area (Å²) in [6, 6.07) is 0. The number of nitrogens with zero attached hydrogens (tertiary/aromatic N) is 2. The Hall–Kier alpha value is -0.900. The highest BCUT2D eigenvalue weighted by molar-refractivity contribution is 4.78. The molecule has 0 saturated carbocycles. The summed E-state index contributed by atoms with van der Waals surface area (Å²) in [5, 5.41) is 14.8. The molecule has 4 nitrogen and oxygen atoms in total. The van der Waals surface area contributed by atoms with Gasteiger partial charge in [-0.25, -0.2) is 4.98 Å². The second-order valence-corrected chi connectivity index (χ2v) is 1.74. The molecule has 9 heavy (non-hydrogen) atoms. The first kappa shape index (κ1) is 6.22. The number of aromatic nitrogens is 3. The van der Waals surface area contributed by atoms with Crippen molar-refractivity contribution in [3.8, 4) is 0 Å². The van der Waals surface area contributed by atoms with E-state index >= 15 is 0 Å². The van der Waals surface area contributed by atoms with E-state index in [2.05, 4.69) is 15.2 Å². The Kier molecular flexibility index (Phi) is 2.21. The lowest BCUT2D eigenvalue weighted by molar-refractivity contribution is 0.287. The molecular weight excluding hydrogens is 118 g/mol. The van der Waals surface area contributed by atoms with Crippen LogP contribution in [-0.4, -0.2) is 26.9 Å². The summed E-state index contributed by atoms with van der Waals surface area (Å²) >= 11 is 0. The zero-order valence-electron chi connectivity index (χ0n) is 5.04. The summed E-state index contributed by atoms with van der Waals surface area (Å²) in [5.41, 5.74) is 0. The molecule has 1 heterocycles. The van der Waals surface area contributed by atoms with E-state index in [4.69, 9.17) is 5.11 Å². The highest BCUT2D eigenvalue weighted by Crippen LogP contribution is 1.90. The Bertz CT molecular complexity index is 149. The number of nitrogens with one attached hydrogen (secondary N) is 1. The van der Waals surface area contributed by atoms with E-state index in [-0.39, 0.29) is 6.61 Å². The molecule has 0 atom stereocenters. The van der Waals surface area contributed by atoms with E-state index in [0.29, 0.717) is 0 Å². The van der Waals surface area contributed by atoms with Crippen molar-refractivity contribution in [2.75, 3.05) is 6.61 Å². The van der Waals surface area contributed by atoms with Gasteiger partial charge in [-0.3, -0.25) is 5.10 Å². The van der Waals surface area contributed by atoms with Gasteiger partial charge < -0.3 is 5.11 Å². The number of rotatable bonds is 3. The van der Waals surface area contributed by atoms with E-state index in [0.717, 1.165) is 18.7 Å². The van der Waals surface area contributed by atoms with Crippen molar-refractivity contribution in [1.29, 1.82) is 0 Å². The van der Waals surface area contributed by atoms with Gasteiger partial charge in [0.1, 0.15) is 12.2 Å². The zero-order valence-corrected chi connectivity index (χ0v) is 5.04. The molecule has 1 aromatic rings. The average Bonchev–Trinajstić information content (AvgIpc) is 2.34. The first-order chi connectivity index (χ1) is 4.43. The first-order valence-electron chi connectivity index (χ1n) is 2.89. The molecular formula is C5H9N3O. The van der Waals surface area contributed by atoms with Crippen LogP contribution in [0.25, 0.3) is 0 Å². The lowest BCUT2D eigenvalue weighted by atomic mass is 10.3. The van der Waals surface area contributed by atoms with E-state index in [1.807, 2.05) is 0 Å². The molecule has 0 saturated heterocycles. The third kappa shape index (κ3) is 1.81. The van der Waals surface area contributed by atoms with Crippen molar-refractivity contribution in [2.45, 2.75) is 12.8 Å². The highest BCUT2D eigenvalue weighted by atomic mass is 16.2. The van der Waals surface area contributed by atoms with Crippen molar-refractivity contribution in [3.63, 3.8) is 0 Å². The number of H-pyrrole nitrogens is 1. The summed E-state index contributed by atoms with van der Waals surface area (Å²) in [6.07, 6.45) is 3.02. The minimum absolute atomic E-state index is 0.203. The van der Waals surface area contributed by atoms with Crippen LogP contribution < -0.4 is 0 Å². The Morgan fingerprint density at radius 1 is 1.67 bits per heavy atom. The Morgan fingerprint density at radius 3 is 3.11 bits per heavy atom. The minimum Gasteiger partial charge on any atom is -0.396 e. The van der Waals surface area contributed by atoms with Gasteiger partial charge in [0.15, 0.2) is 0 Å². The number of hydrogen-bond donors (Lipinski definition) is 2. The molecule has 0 fully saturated rings. The lowest BCUT2D eigenvalue weighted by Gasteiger charge is -1.87. The molecule has 0 aliphatic heterocycles. The monoisotopic (exact) mass is 127 g/mol. The number of aryl methyl sites for hydroxylation is 1. The molecule has 0 bridgehead atoms. The van der Waals surface area contributed by atoms with Gasteiger partial charge in [-0.2, -0.15) is 5.10 Å². The van der Waals surface area contributed by atoms with Crippen LogP contribution in [0.1, 0.15) is 12.2 Å². The summed E-state index contributed by atoms with van der Waals surface area (Å²) in [4.78, 5) is 3.88. The molecule has 0 unspecified atom stereocenters. The molecule has 1 aromatic heterocycles. The van der Waals surface area contributed by atoms with E-state index < -0.39 is 0 Å². The second-order valence-electron chi connectivity index (χ2n) is 1.74. The number of aliphatic hydroxyl groups is 1. The molecule has 2 N–H and O–H groups in total. The summed E-state index contributed by atoms with van der Waals surface area (Å²) < 4.78 is 0. The van der Waals surface area contributed by atoms with Crippen LogP contribution in [0.15, 0.2) is 6.33 Å². The predicted molar refractivity (Wildman–Crippen MR) is 31.8 cm³/mol. The van der Waals surface area contributed by atoms with Gasteiger partial charge in [0.2, 0.25) is 0 Å². The topological polar surface area (TPSA) is 61.8 Å². The molecule has 0 aliphatic carbocycles. The molecule has 4 heteroatoms. The number of aliphatic hydroxyl groups excluding tert-OH is 1. The second kappa shape index (κ2) is 3.19. The molecule has 0 aromatic carbocycles. The van der Waals surface area contributed by atoms with Crippen molar-refractivity contribution in [3.05, 3.63) is 12.2 Å². The first-order valence-corrected chi connectivity index (χ1v) is 2.89. The zero-order chi connectivity index (χ0) is 6.53. The maximum absolute atomic E-state index is 8.40. The van der Waals surface area contributed by atoms with Gasteiger partial charge >= 0.3 is 0 Å². The van der Waals surface area contributed by atoms with Crippen molar-refractivity contribution < 1.29 is 5.11 Å². The summed E-state index contributed by atoms with van der Waals surface area (Å²) in [5.74, 6) is 0.768. The third-order valence-corrected chi connectivity index (χ3v) is 1.02. The van der Waals surface area contributed by atoms with Gasteiger partial charge in [-0.1, -0.05) is 0 Å². The van der Waals surface area contributed by atoms with Crippen molar-refractivity contribution in [2.24, 2.45) is 0 Å². The van der Waals surface area contributed by atoms with Gasteiger partial charge in [0.05, 0.1) is 0 Å². The van der Waals surface area contributed by atoms with E-state index in [1.165, 1.54) is 6.33 Å². The van der Waals surface area contributed by atoms with Gasteiger partial charge in [0.25, 0.3) is 0 Å². The smallest absolute Gasteiger partial charge is 0.150 e. The summed E-state index contributed by atoms with van der Waals surface area (Å²) in [7, 11) is 0. The predicted octanol–water partition coefficient (Wildman–Crippen LogP) is -0.270. The molecule has 0 aliphatic rings. The van der Waals surface area contributed by atoms with Crippen LogP contribution in [0.3, 0.4) is 0 Å². The fraction of sp³-hybridized carbons (Fsp3) is 0.600. The standard InChI is InChI=1S/C5H9N3O/c9-3-1-2-5-6-4-7-8-5/h4,9H,1-3H2,(H,6,7,8). The van der Waals surface area contributed by atoms with Crippen LogP contribution in [0.2, 0.25) is 0 Å². The Morgan fingerprint density at radius 2 is 2.56 bits per heavy atom. The maximum atomic E-state index is 8.40. The average molecular weight is 127 g/mol. The third-order valence-electron chi connectivity index (χ3n) is 1.02. The summed E-state index contributed by atoms with van der Waals surface area (Å²) in [6.45, 7) is 0.203. The maximum Gasteiger partial charge on any atom is 0.150 e. The van der Waals surface area contributed by atoms with E-state index in [1.54, 1.807) is 0 Å². The van der Waals surface area contributed by atoms with Gasteiger partial charge in [-0.05, 0) is 6.42 Å². The fourth-order valence-electron chi connectivity index (χ4n) is 0.593. The molecule has 0 amide bonds. The van der Waals surface area contributed by atoms with E-state index in [9.17, 15) is 0 Å². The Labute approximate surface area is 52.9 Å². The van der Waals surface area contributed by atoms with Gasteiger partial charge in [0, 0.05) is 13.0 Å². The molecule has 1 rings (SSSR count). The quantitative estimate of drug-likeness (QED) is 0.587. The van der Waals surface area contributed by atoms with Crippen LogP contribution in [0.4, 0.5) is 0 Å². The molecule has 0 radical (unpaired) electrons. The van der Waals surface area contributed by atoms with Crippen LogP contribution in [0, 0.1) is 0 Å². The number of aromatic amines is 1. The lowest BCUT2D eigenvalue weighted by Crippen LogP contribution is -1.91. The SMILES string of the molecule is OCCCc1nc[nH]n1. The van der Waals surface area contributed by atoms with Crippen molar-refractivity contribution >= 4 is 0 Å². The normalized spacial score (nSPS) is 9.89. The number of hydrogen-bond acceptors (Lipinski definition) is 3. The van der Waals surface area contributed by atoms with Crippen LogP contribution in [-0.2, 0) is 6.42 Å². The molecule has 50 valence electrons. The Balaban J connectivity index is 2.30. The van der Waals surface area contributed by atoms with Crippen LogP contribution in [0.5, 0.6) is 0 Å². The largest absolute Gasteiger partial charge is 0.396 e. The van der Waals surface area contributed by atoms with Gasteiger partial charge in [-0.15, -0.1) is 0 Å². The molecule has 0 spiro atoms. The minimum atomic E-state index is 0.203. The van der Waals surface area contributed by atoms with Crippen molar-refractivity contribution in [1.82, 2.24) is 15.2 Å². The highest BCUT2D eigenvalue weighted by Gasteiger charge is 1.92.